The Morgan fingerprint density at radius 1 is 1.05 bits per heavy atom. The van der Waals surface area contributed by atoms with E-state index in [0.29, 0.717) is 0 Å². The molecule has 0 saturated carbocycles. The van der Waals surface area contributed by atoms with E-state index in [1.54, 1.807) is 0 Å². The summed E-state index contributed by atoms with van der Waals surface area (Å²) in [4.78, 5) is 2.47. The molecule has 0 atom stereocenters. The van der Waals surface area contributed by atoms with Gasteiger partial charge < -0.3 is 4.74 Å². The second kappa shape index (κ2) is 6.59. The van der Waals surface area contributed by atoms with Crippen LogP contribution >= 0.6 is 0 Å². The molecule has 0 aromatic heterocycles. The predicted molar refractivity (Wildman–Crippen MR) is 87.7 cm³/mol. The number of rotatable bonds is 4. The van der Waals surface area contributed by atoms with Crippen molar-refractivity contribution in [3.8, 4) is 11.5 Å². The maximum absolute atomic E-state index is 5.89. The van der Waals surface area contributed by atoms with Gasteiger partial charge in [-0.1, -0.05) is 48.9 Å². The third-order valence-corrected chi connectivity index (χ3v) is 3.83. The molecule has 3 rings (SSSR count). The Kier molecular flexibility index (Phi) is 4.37. The van der Waals surface area contributed by atoms with Crippen molar-refractivity contribution < 1.29 is 4.74 Å². The van der Waals surface area contributed by atoms with Crippen LogP contribution in [-0.2, 0) is 0 Å². The van der Waals surface area contributed by atoms with Gasteiger partial charge in [0.15, 0.2) is 0 Å². The lowest BCUT2D eigenvalue weighted by Crippen LogP contribution is -2.17. The molecule has 1 aliphatic rings. The molecule has 2 nitrogen and oxygen atoms in total. The molecule has 1 heterocycles. The average molecular weight is 279 g/mol. The zero-order valence-electron chi connectivity index (χ0n) is 12.5. The van der Waals surface area contributed by atoms with Crippen molar-refractivity contribution in [1.29, 1.82) is 0 Å². The largest absolute Gasteiger partial charge is 0.457 e. The molecule has 2 heteroatoms. The summed E-state index contributed by atoms with van der Waals surface area (Å²) in [7, 11) is 0. The number of ether oxygens (including phenoxy) is 1. The van der Waals surface area contributed by atoms with Crippen LogP contribution in [0.1, 0.15) is 18.9 Å². The zero-order valence-corrected chi connectivity index (χ0v) is 12.5. The molecule has 2 aromatic rings. The number of benzene rings is 2. The molecule has 1 saturated heterocycles. The third kappa shape index (κ3) is 3.73. The fourth-order valence-corrected chi connectivity index (χ4v) is 2.66. The summed E-state index contributed by atoms with van der Waals surface area (Å²) in [6.45, 7) is 5.63. The molecule has 0 bridgehead atoms. The summed E-state index contributed by atoms with van der Waals surface area (Å²) in [6.07, 6.45) is 3.48. The Hall–Kier alpha value is -2.06. The van der Waals surface area contributed by atoms with E-state index in [-0.39, 0.29) is 0 Å². The predicted octanol–water partition coefficient (Wildman–Crippen LogP) is 4.59. The van der Waals surface area contributed by atoms with E-state index in [1.165, 1.54) is 24.1 Å². The van der Waals surface area contributed by atoms with Gasteiger partial charge in [-0.3, -0.25) is 4.90 Å². The fraction of sp³-hybridized carbons (Fsp3) is 0.263. The van der Waals surface area contributed by atoms with Gasteiger partial charge in [-0.2, -0.15) is 0 Å². The monoisotopic (exact) mass is 279 g/mol. The Labute approximate surface area is 126 Å². The number of hydrogen-bond donors (Lipinski definition) is 0. The van der Waals surface area contributed by atoms with E-state index in [4.69, 9.17) is 4.74 Å². The topological polar surface area (TPSA) is 12.5 Å². The van der Waals surface area contributed by atoms with Crippen LogP contribution in [0, 0.1) is 0 Å². The molecule has 0 radical (unpaired) electrons. The van der Waals surface area contributed by atoms with E-state index >= 15 is 0 Å². The molecular weight excluding hydrogens is 258 g/mol. The van der Waals surface area contributed by atoms with E-state index in [0.717, 1.165) is 24.6 Å². The Bertz CT molecular complexity index is 618. The quantitative estimate of drug-likeness (QED) is 0.811. The van der Waals surface area contributed by atoms with Crippen molar-refractivity contribution in [2.24, 2.45) is 0 Å². The molecule has 0 unspecified atom stereocenters. The van der Waals surface area contributed by atoms with Gasteiger partial charge in [0.25, 0.3) is 0 Å². The van der Waals surface area contributed by atoms with Gasteiger partial charge in [0, 0.05) is 13.1 Å². The minimum Gasteiger partial charge on any atom is -0.457 e. The zero-order chi connectivity index (χ0) is 14.5. The van der Waals surface area contributed by atoms with Crippen molar-refractivity contribution in [2.75, 3.05) is 19.6 Å². The van der Waals surface area contributed by atoms with Crippen molar-refractivity contribution in [1.82, 2.24) is 4.90 Å². The second-order valence-corrected chi connectivity index (χ2v) is 5.41. The van der Waals surface area contributed by atoms with E-state index < -0.39 is 0 Å². The highest BCUT2D eigenvalue weighted by atomic mass is 16.5. The molecular formula is C19H21NO. The minimum absolute atomic E-state index is 0.875. The van der Waals surface area contributed by atoms with Crippen LogP contribution in [0.3, 0.4) is 0 Å². The summed E-state index contributed by atoms with van der Waals surface area (Å²) in [5.74, 6) is 1.77. The smallest absolute Gasteiger partial charge is 0.128 e. The summed E-state index contributed by atoms with van der Waals surface area (Å²) < 4.78 is 5.89. The highest BCUT2D eigenvalue weighted by molar-refractivity contribution is 5.56. The van der Waals surface area contributed by atoms with E-state index in [2.05, 4.69) is 36.1 Å². The number of nitrogens with zero attached hydrogens (tertiary/aromatic N) is 1. The van der Waals surface area contributed by atoms with Crippen molar-refractivity contribution in [3.63, 3.8) is 0 Å². The van der Waals surface area contributed by atoms with Crippen molar-refractivity contribution in [3.05, 3.63) is 65.7 Å². The van der Waals surface area contributed by atoms with Crippen LogP contribution in [0.2, 0.25) is 0 Å². The molecule has 1 aliphatic heterocycles. The maximum atomic E-state index is 5.89. The van der Waals surface area contributed by atoms with E-state index in [1.807, 2.05) is 36.4 Å². The average Bonchev–Trinajstić information content (AvgIpc) is 2.96. The number of hydrogen-bond acceptors (Lipinski definition) is 2. The van der Waals surface area contributed by atoms with Crippen LogP contribution in [0.25, 0.3) is 6.08 Å². The second-order valence-electron chi connectivity index (χ2n) is 5.41. The lowest BCUT2D eigenvalue weighted by atomic mass is 10.1. The van der Waals surface area contributed by atoms with Gasteiger partial charge in [-0.05, 0) is 42.8 Å². The van der Waals surface area contributed by atoms with Gasteiger partial charge in [0.1, 0.15) is 11.5 Å². The first-order valence-corrected chi connectivity index (χ1v) is 7.58. The van der Waals surface area contributed by atoms with Gasteiger partial charge in [0.05, 0.1) is 0 Å². The molecule has 21 heavy (non-hydrogen) atoms. The minimum atomic E-state index is 0.875. The Balaban J connectivity index is 1.73. The Morgan fingerprint density at radius 2 is 1.86 bits per heavy atom. The molecule has 1 fully saturated rings. The lowest BCUT2D eigenvalue weighted by Gasteiger charge is -2.09. The summed E-state index contributed by atoms with van der Waals surface area (Å²) in [5.41, 5.74) is 2.73. The van der Waals surface area contributed by atoms with Crippen molar-refractivity contribution >= 4 is 6.08 Å². The van der Waals surface area contributed by atoms with Crippen LogP contribution in [-0.4, -0.2) is 24.5 Å². The van der Waals surface area contributed by atoms with Crippen LogP contribution in [0.5, 0.6) is 11.5 Å². The van der Waals surface area contributed by atoms with Gasteiger partial charge in [-0.15, -0.1) is 0 Å². The first-order chi connectivity index (χ1) is 10.3. The Morgan fingerprint density at radius 3 is 2.62 bits per heavy atom. The molecule has 0 N–H and O–H groups in total. The molecule has 0 aliphatic carbocycles. The summed E-state index contributed by atoms with van der Waals surface area (Å²) in [6, 6.07) is 18.2. The molecule has 108 valence electrons. The van der Waals surface area contributed by atoms with E-state index in [9.17, 15) is 0 Å². The van der Waals surface area contributed by atoms with Crippen LogP contribution < -0.4 is 4.74 Å². The number of para-hydroxylation sites is 1. The summed E-state index contributed by atoms with van der Waals surface area (Å²) >= 11 is 0. The third-order valence-electron chi connectivity index (χ3n) is 3.83. The number of likely N-dealkylation sites (N-methyl/N-ethyl adjacent to an activating group) is 1. The standard InChI is InChI=1S/C19H21NO/c1-2-20-12-11-17(15-20)13-16-7-6-10-19(14-16)21-18-8-4-3-5-9-18/h3-10,13-14H,2,11-12,15H2,1H3/b17-13+. The highest BCUT2D eigenvalue weighted by Gasteiger charge is 2.14. The SMILES string of the molecule is CCN1CC/C(=C\c2cccc(Oc3ccccc3)c2)C1. The summed E-state index contributed by atoms with van der Waals surface area (Å²) in [5, 5.41) is 0. The van der Waals surface area contributed by atoms with Gasteiger partial charge in [-0.25, -0.2) is 0 Å². The maximum Gasteiger partial charge on any atom is 0.128 e. The normalized spacial score (nSPS) is 17.3. The number of likely N-dealkylation sites (tertiary alicyclic amines) is 1. The van der Waals surface area contributed by atoms with Crippen LogP contribution in [0.15, 0.2) is 60.2 Å². The highest BCUT2D eigenvalue weighted by Crippen LogP contribution is 2.24. The molecule has 2 aromatic carbocycles. The molecule has 0 spiro atoms. The molecule has 0 amide bonds. The lowest BCUT2D eigenvalue weighted by molar-refractivity contribution is 0.365. The van der Waals surface area contributed by atoms with Gasteiger partial charge >= 0.3 is 0 Å². The first kappa shape index (κ1) is 13.9. The van der Waals surface area contributed by atoms with Crippen molar-refractivity contribution in [2.45, 2.75) is 13.3 Å². The van der Waals surface area contributed by atoms with Crippen LogP contribution in [0.4, 0.5) is 0 Å². The van der Waals surface area contributed by atoms with Gasteiger partial charge in [0.2, 0.25) is 0 Å². The fourth-order valence-electron chi connectivity index (χ4n) is 2.66. The first-order valence-electron chi connectivity index (χ1n) is 7.58.